The van der Waals surface area contributed by atoms with Gasteiger partial charge in [-0.1, -0.05) is 0 Å². The first-order valence-electron chi connectivity index (χ1n) is 8.11. The van der Waals surface area contributed by atoms with E-state index in [-0.39, 0.29) is 5.91 Å². The van der Waals surface area contributed by atoms with Gasteiger partial charge in [0.1, 0.15) is 0 Å². The van der Waals surface area contributed by atoms with Crippen LogP contribution >= 0.6 is 0 Å². The molecule has 1 aliphatic rings. The van der Waals surface area contributed by atoms with Crippen molar-refractivity contribution in [3.05, 3.63) is 66.2 Å². The molecule has 0 spiro atoms. The van der Waals surface area contributed by atoms with Crippen molar-refractivity contribution in [2.45, 2.75) is 6.54 Å². The first-order chi connectivity index (χ1) is 12.8. The highest BCUT2D eigenvalue weighted by Crippen LogP contribution is 2.38. The molecule has 0 atom stereocenters. The molecular weight excluding hydrogens is 330 g/mol. The highest BCUT2D eigenvalue weighted by molar-refractivity contribution is 6.01. The molecule has 4 heterocycles. The monoisotopic (exact) mass is 343 g/mol. The van der Waals surface area contributed by atoms with Crippen LogP contribution in [0.15, 0.2) is 59.5 Å². The lowest BCUT2D eigenvalue weighted by atomic mass is 10.1. The van der Waals surface area contributed by atoms with E-state index in [1.165, 1.54) is 0 Å². The Balaban J connectivity index is 1.63. The largest absolute Gasteiger partial charge is 0.449 e. The minimum atomic E-state index is -0.0373. The zero-order valence-corrected chi connectivity index (χ0v) is 13.6. The highest BCUT2D eigenvalue weighted by Gasteiger charge is 2.21. The van der Waals surface area contributed by atoms with Crippen molar-refractivity contribution in [2.75, 3.05) is 5.32 Å². The Kier molecular flexibility index (Phi) is 3.18. The summed E-state index contributed by atoms with van der Waals surface area (Å²) in [7, 11) is 0. The normalized spacial score (nSPS) is 12.8. The summed E-state index contributed by atoms with van der Waals surface area (Å²) in [6.07, 6.45) is 6.72. The predicted molar refractivity (Wildman–Crippen MR) is 95.9 cm³/mol. The van der Waals surface area contributed by atoms with Gasteiger partial charge in [0, 0.05) is 41.8 Å². The minimum Gasteiger partial charge on any atom is -0.449 e. The SMILES string of the molecule is O=C1NCc2cc(Nc3c(-c4ncccn4)oc4cnccc34)ccc21. The summed E-state index contributed by atoms with van der Waals surface area (Å²) in [4.78, 5) is 24.4. The molecule has 4 aromatic rings. The Morgan fingerprint density at radius 3 is 2.88 bits per heavy atom. The number of rotatable bonds is 3. The fourth-order valence-electron chi connectivity index (χ4n) is 3.10. The van der Waals surface area contributed by atoms with Crippen molar-refractivity contribution in [3.8, 4) is 11.6 Å². The lowest BCUT2D eigenvalue weighted by molar-refractivity contribution is 0.0966. The van der Waals surface area contributed by atoms with Crippen LogP contribution in [0, 0.1) is 0 Å². The van der Waals surface area contributed by atoms with Crippen LogP contribution in [-0.4, -0.2) is 20.9 Å². The number of furan rings is 1. The van der Waals surface area contributed by atoms with Crippen LogP contribution in [-0.2, 0) is 6.54 Å². The molecule has 0 saturated heterocycles. The van der Waals surface area contributed by atoms with Gasteiger partial charge < -0.3 is 15.1 Å². The number of aromatic nitrogens is 3. The van der Waals surface area contributed by atoms with Crippen LogP contribution in [0.3, 0.4) is 0 Å². The summed E-state index contributed by atoms with van der Waals surface area (Å²) in [5.41, 5.74) is 3.95. The van der Waals surface area contributed by atoms with Crippen LogP contribution in [0.2, 0.25) is 0 Å². The molecular formula is C19H13N5O2. The van der Waals surface area contributed by atoms with Crippen LogP contribution in [0.4, 0.5) is 11.4 Å². The second-order valence-electron chi connectivity index (χ2n) is 5.93. The topological polar surface area (TPSA) is 92.9 Å². The molecule has 5 rings (SSSR count). The van der Waals surface area contributed by atoms with E-state index in [2.05, 4.69) is 25.6 Å². The number of carbonyl (C=O) groups excluding carboxylic acids is 1. The molecule has 1 aromatic carbocycles. The molecule has 3 aromatic heterocycles. The highest BCUT2D eigenvalue weighted by atomic mass is 16.3. The Morgan fingerprint density at radius 1 is 1.12 bits per heavy atom. The Morgan fingerprint density at radius 2 is 2.00 bits per heavy atom. The third-order valence-corrected chi connectivity index (χ3v) is 4.32. The maximum Gasteiger partial charge on any atom is 0.251 e. The van der Waals surface area contributed by atoms with Gasteiger partial charge in [-0.3, -0.25) is 9.78 Å². The van der Waals surface area contributed by atoms with Gasteiger partial charge in [-0.2, -0.15) is 0 Å². The van der Waals surface area contributed by atoms with E-state index >= 15 is 0 Å². The summed E-state index contributed by atoms with van der Waals surface area (Å²) < 4.78 is 5.95. The van der Waals surface area contributed by atoms with Gasteiger partial charge in [-0.15, -0.1) is 0 Å². The summed E-state index contributed by atoms with van der Waals surface area (Å²) in [5, 5.41) is 7.11. The first kappa shape index (κ1) is 14.6. The third kappa shape index (κ3) is 2.29. The summed E-state index contributed by atoms with van der Waals surface area (Å²) in [6.45, 7) is 0.536. The van der Waals surface area contributed by atoms with Crippen LogP contribution in [0.25, 0.3) is 22.6 Å². The smallest absolute Gasteiger partial charge is 0.251 e. The van der Waals surface area contributed by atoms with Gasteiger partial charge >= 0.3 is 0 Å². The average molecular weight is 343 g/mol. The van der Waals surface area contributed by atoms with Crippen LogP contribution < -0.4 is 10.6 Å². The van der Waals surface area contributed by atoms with E-state index in [4.69, 9.17) is 4.42 Å². The van der Waals surface area contributed by atoms with Crippen molar-refractivity contribution in [1.82, 2.24) is 20.3 Å². The lowest BCUT2D eigenvalue weighted by Gasteiger charge is -2.08. The lowest BCUT2D eigenvalue weighted by Crippen LogP contribution is -2.12. The van der Waals surface area contributed by atoms with Gasteiger partial charge in [0.05, 0.1) is 11.9 Å². The molecule has 126 valence electrons. The molecule has 7 nitrogen and oxygen atoms in total. The second kappa shape index (κ2) is 5.66. The number of hydrogen-bond acceptors (Lipinski definition) is 6. The maximum absolute atomic E-state index is 11.7. The minimum absolute atomic E-state index is 0.0373. The van der Waals surface area contributed by atoms with E-state index < -0.39 is 0 Å². The van der Waals surface area contributed by atoms with Gasteiger partial charge in [-0.25, -0.2) is 9.97 Å². The van der Waals surface area contributed by atoms with Crippen molar-refractivity contribution < 1.29 is 9.21 Å². The molecule has 0 bridgehead atoms. The van der Waals surface area contributed by atoms with Crippen LogP contribution in [0.1, 0.15) is 15.9 Å². The maximum atomic E-state index is 11.7. The van der Waals surface area contributed by atoms with E-state index in [1.807, 2.05) is 24.3 Å². The zero-order valence-electron chi connectivity index (χ0n) is 13.6. The number of benzene rings is 1. The number of nitrogens with zero attached hydrogens (tertiary/aromatic N) is 3. The van der Waals surface area contributed by atoms with E-state index in [1.54, 1.807) is 30.9 Å². The fraction of sp³-hybridized carbons (Fsp3) is 0.0526. The van der Waals surface area contributed by atoms with E-state index in [0.29, 0.717) is 29.3 Å². The zero-order chi connectivity index (χ0) is 17.5. The standard InChI is InChI=1S/C19H13N5O2/c25-19-13-3-2-12(8-11(13)9-23-19)24-16-14-4-7-20-10-15(14)26-17(16)18-21-5-1-6-22-18/h1-8,10,24H,9H2,(H,23,25). The van der Waals surface area contributed by atoms with Crippen LogP contribution in [0.5, 0.6) is 0 Å². The summed E-state index contributed by atoms with van der Waals surface area (Å²) in [5.74, 6) is 0.997. The molecule has 0 radical (unpaired) electrons. The van der Waals surface area contributed by atoms with Gasteiger partial charge in [0.25, 0.3) is 5.91 Å². The van der Waals surface area contributed by atoms with Gasteiger partial charge in [0.2, 0.25) is 0 Å². The fourth-order valence-corrected chi connectivity index (χ4v) is 3.10. The Bertz CT molecular complexity index is 1140. The van der Waals surface area contributed by atoms with Crippen molar-refractivity contribution >= 4 is 28.3 Å². The molecule has 1 amide bonds. The van der Waals surface area contributed by atoms with Crippen molar-refractivity contribution in [2.24, 2.45) is 0 Å². The van der Waals surface area contributed by atoms with Gasteiger partial charge in [-0.05, 0) is 35.9 Å². The molecule has 2 N–H and O–H groups in total. The van der Waals surface area contributed by atoms with Crippen molar-refractivity contribution in [3.63, 3.8) is 0 Å². The molecule has 0 unspecified atom stereocenters. The second-order valence-corrected chi connectivity index (χ2v) is 5.93. The van der Waals surface area contributed by atoms with E-state index in [9.17, 15) is 4.79 Å². The molecule has 7 heteroatoms. The summed E-state index contributed by atoms with van der Waals surface area (Å²) in [6, 6.07) is 9.29. The number of anilines is 2. The van der Waals surface area contributed by atoms with E-state index in [0.717, 1.165) is 22.3 Å². The molecule has 0 saturated carbocycles. The predicted octanol–water partition coefficient (Wildman–Crippen LogP) is 3.27. The number of hydrogen-bond donors (Lipinski definition) is 2. The Hall–Kier alpha value is -3.74. The van der Waals surface area contributed by atoms with Crippen molar-refractivity contribution in [1.29, 1.82) is 0 Å². The number of pyridine rings is 1. The number of carbonyl (C=O) groups is 1. The number of amides is 1. The molecule has 0 aliphatic carbocycles. The quantitative estimate of drug-likeness (QED) is 0.593. The molecule has 26 heavy (non-hydrogen) atoms. The number of nitrogens with one attached hydrogen (secondary N) is 2. The molecule has 1 aliphatic heterocycles. The third-order valence-electron chi connectivity index (χ3n) is 4.32. The first-order valence-corrected chi connectivity index (χ1v) is 8.11. The Labute approximate surface area is 148 Å². The average Bonchev–Trinajstić information content (AvgIpc) is 3.24. The van der Waals surface area contributed by atoms with Gasteiger partial charge in [0.15, 0.2) is 17.2 Å². The number of fused-ring (bicyclic) bond motifs is 2. The molecule has 0 fully saturated rings. The summed E-state index contributed by atoms with van der Waals surface area (Å²) >= 11 is 0.